The van der Waals surface area contributed by atoms with E-state index >= 15 is 0 Å². The molecule has 0 bridgehead atoms. The van der Waals surface area contributed by atoms with Crippen molar-refractivity contribution in [2.45, 2.75) is 25.8 Å². The van der Waals surface area contributed by atoms with Gasteiger partial charge >= 0.3 is 5.97 Å². The highest BCUT2D eigenvalue weighted by Gasteiger charge is 2.22. The van der Waals surface area contributed by atoms with E-state index in [0.717, 1.165) is 5.56 Å². The minimum Gasteiger partial charge on any atom is -0.496 e. The number of ether oxygens (including phenoxy) is 1. The van der Waals surface area contributed by atoms with Gasteiger partial charge in [0.2, 0.25) is 0 Å². The number of aliphatic carboxylic acids is 1. The Hall–Kier alpha value is -1.55. The number of likely N-dealkylation sites (N-methyl/N-ethyl adjacent to an activating group) is 1. The Morgan fingerprint density at radius 2 is 2.06 bits per heavy atom. The summed E-state index contributed by atoms with van der Waals surface area (Å²) in [6.07, 6.45) is 0. The molecular weight excluding hydrogens is 218 g/mol. The van der Waals surface area contributed by atoms with Gasteiger partial charge in [0, 0.05) is 5.56 Å². The zero-order valence-electron chi connectivity index (χ0n) is 10.7. The monoisotopic (exact) mass is 237 g/mol. The first-order valence-corrected chi connectivity index (χ1v) is 5.59. The van der Waals surface area contributed by atoms with E-state index in [4.69, 9.17) is 9.84 Å². The maximum atomic E-state index is 11.2. The van der Waals surface area contributed by atoms with Crippen LogP contribution in [0.3, 0.4) is 0 Å². The van der Waals surface area contributed by atoms with Gasteiger partial charge in [-0.05, 0) is 30.7 Å². The van der Waals surface area contributed by atoms with E-state index in [1.54, 1.807) is 14.2 Å². The van der Waals surface area contributed by atoms with Gasteiger partial charge in [-0.2, -0.15) is 0 Å². The number of hydrogen-bond acceptors (Lipinski definition) is 3. The number of methoxy groups -OCH3 is 1. The molecule has 1 atom stereocenters. The lowest BCUT2D eigenvalue weighted by Gasteiger charge is -2.17. The maximum Gasteiger partial charge on any atom is 0.325 e. The fourth-order valence-corrected chi connectivity index (χ4v) is 1.75. The van der Waals surface area contributed by atoms with Crippen molar-refractivity contribution in [3.8, 4) is 5.75 Å². The molecule has 0 amide bonds. The Labute approximate surface area is 102 Å². The third kappa shape index (κ3) is 2.97. The van der Waals surface area contributed by atoms with Gasteiger partial charge in [0.05, 0.1) is 7.11 Å². The van der Waals surface area contributed by atoms with Gasteiger partial charge < -0.3 is 15.2 Å². The molecule has 1 aromatic rings. The lowest BCUT2D eigenvalue weighted by molar-refractivity contribution is -0.139. The summed E-state index contributed by atoms with van der Waals surface area (Å²) in [4.78, 5) is 11.2. The molecule has 0 aromatic heterocycles. The second-order valence-corrected chi connectivity index (χ2v) is 4.22. The molecule has 0 spiro atoms. The van der Waals surface area contributed by atoms with Crippen LogP contribution in [0.15, 0.2) is 18.2 Å². The number of carboxylic acid groups (broad SMARTS) is 1. The standard InChI is InChI=1S/C13H19NO3/c1-8(2)9-5-6-11(17-4)10(7-9)12(14-3)13(15)16/h5-8,12,14H,1-4H3,(H,15,16). The molecule has 1 rings (SSSR count). The third-order valence-corrected chi connectivity index (χ3v) is 2.77. The average Bonchev–Trinajstić information content (AvgIpc) is 2.29. The summed E-state index contributed by atoms with van der Waals surface area (Å²) < 4.78 is 5.21. The largest absolute Gasteiger partial charge is 0.496 e. The van der Waals surface area contributed by atoms with Crippen molar-refractivity contribution in [2.75, 3.05) is 14.2 Å². The molecular formula is C13H19NO3. The second kappa shape index (κ2) is 5.68. The Bertz CT molecular complexity index is 402. The van der Waals surface area contributed by atoms with Crippen LogP contribution < -0.4 is 10.1 Å². The lowest BCUT2D eigenvalue weighted by Crippen LogP contribution is -2.25. The van der Waals surface area contributed by atoms with E-state index in [1.165, 1.54) is 0 Å². The van der Waals surface area contributed by atoms with Crippen molar-refractivity contribution < 1.29 is 14.6 Å². The smallest absolute Gasteiger partial charge is 0.325 e. The Morgan fingerprint density at radius 3 is 2.47 bits per heavy atom. The quantitative estimate of drug-likeness (QED) is 0.824. The van der Waals surface area contributed by atoms with E-state index in [-0.39, 0.29) is 0 Å². The van der Waals surface area contributed by atoms with Crippen molar-refractivity contribution in [2.24, 2.45) is 0 Å². The molecule has 4 heteroatoms. The maximum absolute atomic E-state index is 11.2. The molecule has 0 aliphatic carbocycles. The first-order valence-electron chi connectivity index (χ1n) is 5.59. The van der Waals surface area contributed by atoms with Crippen LogP contribution in [0.2, 0.25) is 0 Å². The zero-order chi connectivity index (χ0) is 13.0. The molecule has 0 saturated carbocycles. The van der Waals surface area contributed by atoms with Crippen LogP contribution in [0.25, 0.3) is 0 Å². The molecule has 0 aliphatic rings. The molecule has 1 aromatic carbocycles. The van der Waals surface area contributed by atoms with E-state index in [1.807, 2.05) is 18.2 Å². The summed E-state index contributed by atoms with van der Waals surface area (Å²) in [5.74, 6) is 0.0359. The fourth-order valence-electron chi connectivity index (χ4n) is 1.75. The highest BCUT2D eigenvalue weighted by molar-refractivity contribution is 5.76. The number of carboxylic acids is 1. The van der Waals surface area contributed by atoms with Gasteiger partial charge in [0.25, 0.3) is 0 Å². The minimum atomic E-state index is -0.910. The lowest BCUT2D eigenvalue weighted by atomic mass is 9.97. The summed E-state index contributed by atoms with van der Waals surface area (Å²) in [5, 5.41) is 11.9. The van der Waals surface area contributed by atoms with Crippen molar-refractivity contribution in [1.82, 2.24) is 5.32 Å². The molecule has 94 valence electrons. The van der Waals surface area contributed by atoms with Crippen LogP contribution in [0.5, 0.6) is 5.75 Å². The number of nitrogens with one attached hydrogen (secondary N) is 1. The van der Waals surface area contributed by atoms with E-state index in [0.29, 0.717) is 17.2 Å². The predicted molar refractivity (Wildman–Crippen MR) is 66.5 cm³/mol. The van der Waals surface area contributed by atoms with E-state index in [2.05, 4.69) is 19.2 Å². The Morgan fingerprint density at radius 1 is 1.41 bits per heavy atom. The van der Waals surface area contributed by atoms with Crippen LogP contribution >= 0.6 is 0 Å². The normalized spacial score (nSPS) is 12.5. The molecule has 17 heavy (non-hydrogen) atoms. The van der Waals surface area contributed by atoms with Crippen LogP contribution in [0.4, 0.5) is 0 Å². The minimum absolute atomic E-state index is 0.353. The summed E-state index contributed by atoms with van der Waals surface area (Å²) >= 11 is 0. The predicted octanol–water partition coefficient (Wildman–Crippen LogP) is 2.16. The molecule has 0 fully saturated rings. The molecule has 1 unspecified atom stereocenters. The number of rotatable bonds is 5. The zero-order valence-corrected chi connectivity index (χ0v) is 10.7. The van der Waals surface area contributed by atoms with Crippen molar-refractivity contribution in [3.63, 3.8) is 0 Å². The third-order valence-electron chi connectivity index (χ3n) is 2.77. The molecule has 0 radical (unpaired) electrons. The molecule has 0 saturated heterocycles. The van der Waals surface area contributed by atoms with Crippen molar-refractivity contribution in [1.29, 1.82) is 0 Å². The van der Waals surface area contributed by atoms with Crippen molar-refractivity contribution in [3.05, 3.63) is 29.3 Å². The highest BCUT2D eigenvalue weighted by atomic mass is 16.5. The van der Waals surface area contributed by atoms with Crippen molar-refractivity contribution >= 4 is 5.97 Å². The van der Waals surface area contributed by atoms with Crippen LogP contribution in [0.1, 0.15) is 36.9 Å². The molecule has 2 N–H and O–H groups in total. The van der Waals surface area contributed by atoms with Gasteiger partial charge in [0.15, 0.2) is 0 Å². The van der Waals surface area contributed by atoms with Gasteiger partial charge in [-0.15, -0.1) is 0 Å². The number of carbonyl (C=O) groups is 1. The highest BCUT2D eigenvalue weighted by Crippen LogP contribution is 2.29. The summed E-state index contributed by atoms with van der Waals surface area (Å²) in [6.45, 7) is 4.14. The Balaban J connectivity index is 3.26. The topological polar surface area (TPSA) is 58.6 Å². The fraction of sp³-hybridized carbons (Fsp3) is 0.462. The second-order valence-electron chi connectivity index (χ2n) is 4.22. The average molecular weight is 237 g/mol. The van der Waals surface area contributed by atoms with E-state index < -0.39 is 12.0 Å². The van der Waals surface area contributed by atoms with Gasteiger partial charge in [0.1, 0.15) is 11.8 Å². The molecule has 0 heterocycles. The van der Waals surface area contributed by atoms with Crippen LogP contribution in [-0.4, -0.2) is 25.2 Å². The SMILES string of the molecule is CNC(C(=O)O)c1cc(C(C)C)ccc1OC. The van der Waals surface area contributed by atoms with Crippen LogP contribution in [0, 0.1) is 0 Å². The first kappa shape index (κ1) is 13.5. The van der Waals surface area contributed by atoms with Gasteiger partial charge in [-0.25, -0.2) is 0 Å². The summed E-state index contributed by atoms with van der Waals surface area (Å²) in [5.41, 5.74) is 1.76. The van der Waals surface area contributed by atoms with Gasteiger partial charge in [-0.3, -0.25) is 4.79 Å². The van der Waals surface area contributed by atoms with Crippen LogP contribution in [-0.2, 0) is 4.79 Å². The van der Waals surface area contributed by atoms with Gasteiger partial charge in [-0.1, -0.05) is 19.9 Å². The molecule has 4 nitrogen and oxygen atoms in total. The summed E-state index contributed by atoms with van der Waals surface area (Å²) in [7, 11) is 3.17. The number of hydrogen-bond donors (Lipinski definition) is 2. The Kier molecular flexibility index (Phi) is 4.52. The number of benzene rings is 1. The van der Waals surface area contributed by atoms with E-state index in [9.17, 15) is 4.79 Å². The summed E-state index contributed by atoms with van der Waals surface area (Å²) in [6, 6.07) is 4.92. The molecule has 0 aliphatic heterocycles. The first-order chi connectivity index (χ1) is 8.01.